The van der Waals surface area contributed by atoms with Crippen molar-refractivity contribution in [1.82, 2.24) is 4.90 Å². The van der Waals surface area contributed by atoms with Gasteiger partial charge in [0.25, 0.3) is 0 Å². The van der Waals surface area contributed by atoms with E-state index in [1.165, 1.54) is 5.56 Å². The molecule has 2 atom stereocenters. The van der Waals surface area contributed by atoms with E-state index < -0.39 is 0 Å². The summed E-state index contributed by atoms with van der Waals surface area (Å²) in [5.41, 5.74) is 1.18. The van der Waals surface area contributed by atoms with Gasteiger partial charge in [-0.25, -0.2) is 0 Å². The third-order valence-corrected chi connectivity index (χ3v) is 3.06. The number of hydrogen-bond donors (Lipinski definition) is 1. The number of rotatable bonds is 6. The maximum Gasteiger partial charge on any atom is 0.225 e. The minimum Gasteiger partial charge on any atom is -0.393 e. The number of aliphatic hydroxyl groups excluding tert-OH is 1. The Balaban J connectivity index is 2.46. The van der Waals surface area contributed by atoms with E-state index in [-0.39, 0.29) is 17.9 Å². The molecular weight excluding hydrogens is 226 g/mol. The molecule has 1 aromatic rings. The number of aliphatic hydroxyl groups is 1. The first-order valence-corrected chi connectivity index (χ1v) is 6.47. The van der Waals surface area contributed by atoms with Gasteiger partial charge in [-0.15, -0.1) is 0 Å². The Kier molecular flexibility index (Phi) is 5.86. The van der Waals surface area contributed by atoms with Gasteiger partial charge in [0.2, 0.25) is 5.91 Å². The van der Waals surface area contributed by atoms with Crippen molar-refractivity contribution in [2.24, 2.45) is 5.92 Å². The lowest BCUT2D eigenvalue weighted by atomic mass is 10.00. The summed E-state index contributed by atoms with van der Waals surface area (Å²) in [5, 5.41) is 9.22. The summed E-state index contributed by atoms with van der Waals surface area (Å²) in [6.45, 7) is 4.30. The summed E-state index contributed by atoms with van der Waals surface area (Å²) in [5.74, 6) is 0.117. The molecule has 0 saturated carbocycles. The second-order valence-electron chi connectivity index (χ2n) is 4.99. The van der Waals surface area contributed by atoms with Crippen LogP contribution in [0.25, 0.3) is 0 Å². The number of nitrogens with zero attached hydrogens (tertiary/aromatic N) is 1. The normalized spacial score (nSPS) is 14.0. The first-order valence-electron chi connectivity index (χ1n) is 6.47. The van der Waals surface area contributed by atoms with Crippen molar-refractivity contribution in [2.45, 2.75) is 32.8 Å². The second-order valence-corrected chi connectivity index (χ2v) is 4.99. The monoisotopic (exact) mass is 249 g/mol. The lowest BCUT2D eigenvalue weighted by Crippen LogP contribution is -2.34. The molecule has 1 N–H and O–H groups in total. The van der Waals surface area contributed by atoms with Crippen LogP contribution in [0.1, 0.15) is 25.8 Å². The Morgan fingerprint density at radius 2 is 1.89 bits per heavy atom. The first kappa shape index (κ1) is 14.7. The van der Waals surface area contributed by atoms with Crippen LogP contribution in [-0.2, 0) is 11.2 Å². The predicted octanol–water partition coefficient (Wildman–Crippen LogP) is 2.09. The number of benzene rings is 1. The summed E-state index contributed by atoms with van der Waals surface area (Å²) in [7, 11) is 1.80. The van der Waals surface area contributed by atoms with Crippen LogP contribution >= 0.6 is 0 Å². The van der Waals surface area contributed by atoms with Crippen LogP contribution in [0, 0.1) is 5.92 Å². The van der Waals surface area contributed by atoms with Crippen molar-refractivity contribution < 1.29 is 9.90 Å². The molecule has 0 spiro atoms. The molecule has 3 nitrogen and oxygen atoms in total. The Bertz CT molecular complexity index is 362. The van der Waals surface area contributed by atoms with Gasteiger partial charge in [-0.2, -0.15) is 0 Å². The Labute approximate surface area is 109 Å². The fraction of sp³-hybridized carbons (Fsp3) is 0.533. The quantitative estimate of drug-likeness (QED) is 0.838. The molecule has 0 radical (unpaired) electrons. The number of carbonyl (C=O) groups excluding carboxylic acids is 1. The summed E-state index contributed by atoms with van der Waals surface area (Å²) >= 11 is 0. The maximum atomic E-state index is 12.1. The minimum absolute atomic E-state index is 0.0219. The van der Waals surface area contributed by atoms with Crippen LogP contribution < -0.4 is 0 Å². The van der Waals surface area contributed by atoms with E-state index in [1.54, 1.807) is 18.9 Å². The zero-order valence-corrected chi connectivity index (χ0v) is 11.5. The van der Waals surface area contributed by atoms with Crippen LogP contribution in [0.4, 0.5) is 0 Å². The van der Waals surface area contributed by atoms with Crippen molar-refractivity contribution in [3.05, 3.63) is 35.9 Å². The zero-order valence-electron chi connectivity index (χ0n) is 11.5. The Hall–Kier alpha value is -1.35. The van der Waals surface area contributed by atoms with Crippen molar-refractivity contribution in [2.75, 3.05) is 13.6 Å². The minimum atomic E-state index is -0.357. The van der Waals surface area contributed by atoms with E-state index in [0.29, 0.717) is 13.0 Å². The fourth-order valence-electron chi connectivity index (χ4n) is 1.92. The smallest absolute Gasteiger partial charge is 0.225 e. The van der Waals surface area contributed by atoms with Crippen molar-refractivity contribution in [3.63, 3.8) is 0 Å². The van der Waals surface area contributed by atoms with Crippen LogP contribution in [0.5, 0.6) is 0 Å². The molecule has 2 unspecified atom stereocenters. The fourth-order valence-corrected chi connectivity index (χ4v) is 1.92. The molecular formula is C15H23NO2. The molecule has 0 heterocycles. The molecule has 0 bridgehead atoms. The van der Waals surface area contributed by atoms with Gasteiger partial charge in [-0.05, 0) is 25.3 Å². The van der Waals surface area contributed by atoms with Crippen molar-refractivity contribution in [1.29, 1.82) is 0 Å². The maximum absolute atomic E-state index is 12.1. The lowest BCUT2D eigenvalue weighted by molar-refractivity contribution is -0.133. The molecule has 0 saturated heterocycles. The summed E-state index contributed by atoms with van der Waals surface area (Å²) < 4.78 is 0. The number of hydrogen-bond acceptors (Lipinski definition) is 2. The summed E-state index contributed by atoms with van der Waals surface area (Å²) in [6, 6.07) is 10.0. The molecule has 0 aromatic heterocycles. The Morgan fingerprint density at radius 1 is 1.28 bits per heavy atom. The molecule has 1 amide bonds. The van der Waals surface area contributed by atoms with Crippen LogP contribution in [0.2, 0.25) is 0 Å². The highest BCUT2D eigenvalue weighted by Gasteiger charge is 2.17. The summed E-state index contributed by atoms with van der Waals surface area (Å²) in [6.07, 6.45) is 1.03. The molecule has 0 aliphatic heterocycles. The topological polar surface area (TPSA) is 40.5 Å². The van der Waals surface area contributed by atoms with E-state index >= 15 is 0 Å². The third-order valence-electron chi connectivity index (χ3n) is 3.06. The molecule has 1 rings (SSSR count). The van der Waals surface area contributed by atoms with Crippen LogP contribution in [0.15, 0.2) is 30.3 Å². The van der Waals surface area contributed by atoms with Crippen LogP contribution in [-0.4, -0.2) is 35.6 Å². The van der Waals surface area contributed by atoms with E-state index in [9.17, 15) is 9.90 Å². The van der Waals surface area contributed by atoms with Gasteiger partial charge in [-0.1, -0.05) is 37.3 Å². The summed E-state index contributed by atoms with van der Waals surface area (Å²) in [4.78, 5) is 13.8. The van der Waals surface area contributed by atoms with Crippen molar-refractivity contribution >= 4 is 5.91 Å². The molecule has 0 aliphatic rings. The van der Waals surface area contributed by atoms with Gasteiger partial charge in [0.1, 0.15) is 0 Å². The third kappa shape index (κ3) is 4.88. The van der Waals surface area contributed by atoms with Crippen molar-refractivity contribution in [3.8, 4) is 0 Å². The molecule has 18 heavy (non-hydrogen) atoms. The van der Waals surface area contributed by atoms with E-state index in [1.807, 2.05) is 37.3 Å². The molecule has 3 heteroatoms. The standard InChI is InChI=1S/C15H23NO2/c1-12(11-14-7-5-4-6-8-14)15(18)16(3)10-9-13(2)17/h4-8,12-13,17H,9-11H2,1-3H3. The highest BCUT2D eigenvalue weighted by Crippen LogP contribution is 2.11. The Morgan fingerprint density at radius 3 is 2.44 bits per heavy atom. The average Bonchev–Trinajstić information content (AvgIpc) is 2.36. The second kappa shape index (κ2) is 7.17. The number of carbonyl (C=O) groups is 1. The average molecular weight is 249 g/mol. The van der Waals surface area contributed by atoms with Gasteiger partial charge < -0.3 is 10.0 Å². The van der Waals surface area contributed by atoms with Gasteiger partial charge in [0.15, 0.2) is 0 Å². The predicted molar refractivity (Wildman–Crippen MR) is 73.2 cm³/mol. The lowest BCUT2D eigenvalue weighted by Gasteiger charge is -2.22. The first-order chi connectivity index (χ1) is 8.50. The molecule has 100 valence electrons. The number of amides is 1. The SMILES string of the molecule is CC(O)CCN(C)C(=O)C(C)Cc1ccccc1. The van der Waals surface area contributed by atoms with Gasteiger partial charge in [0.05, 0.1) is 6.10 Å². The van der Waals surface area contributed by atoms with Gasteiger partial charge >= 0.3 is 0 Å². The molecule has 0 fully saturated rings. The van der Waals surface area contributed by atoms with E-state index in [0.717, 1.165) is 6.42 Å². The largest absolute Gasteiger partial charge is 0.393 e. The van der Waals surface area contributed by atoms with E-state index in [4.69, 9.17) is 0 Å². The van der Waals surface area contributed by atoms with Crippen LogP contribution in [0.3, 0.4) is 0 Å². The highest BCUT2D eigenvalue weighted by atomic mass is 16.3. The van der Waals surface area contributed by atoms with Gasteiger partial charge in [-0.3, -0.25) is 4.79 Å². The zero-order chi connectivity index (χ0) is 13.5. The molecule has 0 aliphatic carbocycles. The van der Waals surface area contributed by atoms with E-state index in [2.05, 4.69) is 0 Å². The highest BCUT2D eigenvalue weighted by molar-refractivity contribution is 5.78. The van der Waals surface area contributed by atoms with Gasteiger partial charge in [0, 0.05) is 19.5 Å². The molecule has 1 aromatic carbocycles.